The van der Waals surface area contributed by atoms with Crippen molar-refractivity contribution in [1.82, 2.24) is 0 Å². The Hall–Kier alpha value is -3.40. The molecule has 4 heteroatoms. The van der Waals surface area contributed by atoms with Gasteiger partial charge in [0.05, 0.1) is 11.1 Å². The molecule has 0 unspecified atom stereocenters. The van der Waals surface area contributed by atoms with Gasteiger partial charge in [-0.3, -0.25) is 0 Å². The minimum absolute atomic E-state index is 0.331. The first-order valence-corrected chi connectivity index (χ1v) is 7.18. The van der Waals surface area contributed by atoms with Crippen LogP contribution in [0.4, 0.5) is 0 Å². The summed E-state index contributed by atoms with van der Waals surface area (Å²) < 4.78 is 0. The first kappa shape index (κ1) is 18.6. The lowest BCUT2D eigenvalue weighted by atomic mass is 10.2. The number of rotatable bonds is 2. The van der Waals surface area contributed by atoms with Crippen molar-refractivity contribution in [1.29, 1.82) is 0 Å². The zero-order valence-corrected chi connectivity index (χ0v) is 12.9. The van der Waals surface area contributed by atoms with Crippen molar-refractivity contribution in [3.8, 4) is 0 Å². The van der Waals surface area contributed by atoms with Crippen molar-refractivity contribution in [2.24, 2.45) is 0 Å². The summed E-state index contributed by atoms with van der Waals surface area (Å²) in [5.41, 5.74) is 0.662. The van der Waals surface area contributed by atoms with E-state index in [1.807, 2.05) is 36.4 Å². The van der Waals surface area contributed by atoms with Gasteiger partial charge >= 0.3 is 11.9 Å². The van der Waals surface area contributed by atoms with Crippen molar-refractivity contribution < 1.29 is 19.8 Å². The van der Waals surface area contributed by atoms with Crippen molar-refractivity contribution in [3.05, 3.63) is 108 Å². The molecule has 0 aliphatic heterocycles. The molecule has 3 aromatic rings. The molecule has 0 amide bonds. The number of carbonyl (C=O) groups is 2. The summed E-state index contributed by atoms with van der Waals surface area (Å²) in [6.45, 7) is 0. The number of carboxylic acid groups (broad SMARTS) is 2. The van der Waals surface area contributed by atoms with Crippen molar-refractivity contribution in [2.75, 3.05) is 0 Å². The van der Waals surface area contributed by atoms with E-state index in [1.54, 1.807) is 60.7 Å². The molecular formula is C20H18O4. The summed E-state index contributed by atoms with van der Waals surface area (Å²) in [7, 11) is 0. The Balaban J connectivity index is 0.000000184. The van der Waals surface area contributed by atoms with Gasteiger partial charge in [-0.15, -0.1) is 0 Å². The highest BCUT2D eigenvalue weighted by Gasteiger charge is 1.97. The molecule has 0 aliphatic carbocycles. The van der Waals surface area contributed by atoms with Crippen molar-refractivity contribution in [2.45, 2.75) is 0 Å². The van der Waals surface area contributed by atoms with Crippen LogP contribution in [0, 0.1) is 0 Å². The molecule has 122 valence electrons. The lowest BCUT2D eigenvalue weighted by molar-refractivity contribution is 0.0686. The van der Waals surface area contributed by atoms with Gasteiger partial charge in [0.25, 0.3) is 0 Å². The van der Waals surface area contributed by atoms with E-state index in [0.29, 0.717) is 11.1 Å². The highest BCUT2D eigenvalue weighted by atomic mass is 16.4. The summed E-state index contributed by atoms with van der Waals surface area (Å²) in [5, 5.41) is 16.8. The lowest BCUT2D eigenvalue weighted by Crippen LogP contribution is -1.93. The molecule has 0 heterocycles. The van der Waals surface area contributed by atoms with Crippen LogP contribution in [0.5, 0.6) is 0 Å². The largest absolute Gasteiger partial charge is 0.478 e. The van der Waals surface area contributed by atoms with Gasteiger partial charge in [-0.2, -0.15) is 0 Å². The Kier molecular flexibility index (Phi) is 8.71. The summed E-state index contributed by atoms with van der Waals surface area (Å²) in [5.74, 6) is -1.76. The molecule has 2 N–H and O–H groups in total. The third-order valence-electron chi connectivity index (χ3n) is 2.71. The zero-order chi connectivity index (χ0) is 17.6. The van der Waals surface area contributed by atoms with Crippen LogP contribution in [0.15, 0.2) is 97.1 Å². The molecule has 3 aromatic carbocycles. The minimum atomic E-state index is -0.879. The highest BCUT2D eigenvalue weighted by molar-refractivity contribution is 5.87. The molecule has 0 saturated carbocycles. The third kappa shape index (κ3) is 8.14. The molecule has 3 rings (SSSR count). The van der Waals surface area contributed by atoms with E-state index in [-0.39, 0.29) is 0 Å². The summed E-state index contributed by atoms with van der Waals surface area (Å²) >= 11 is 0. The fourth-order valence-corrected chi connectivity index (χ4v) is 1.55. The Bertz CT molecular complexity index is 634. The second-order valence-corrected chi connectivity index (χ2v) is 4.50. The molecular weight excluding hydrogens is 304 g/mol. The quantitative estimate of drug-likeness (QED) is 0.730. The van der Waals surface area contributed by atoms with Gasteiger partial charge in [-0.25, -0.2) is 9.59 Å². The maximum Gasteiger partial charge on any atom is 0.335 e. The van der Waals surface area contributed by atoms with Crippen LogP contribution in [-0.4, -0.2) is 22.2 Å². The number of hydrogen-bond donors (Lipinski definition) is 2. The number of benzene rings is 3. The van der Waals surface area contributed by atoms with Gasteiger partial charge in [0.1, 0.15) is 0 Å². The molecule has 0 atom stereocenters. The molecule has 0 spiro atoms. The summed E-state index contributed by atoms with van der Waals surface area (Å²) in [6, 6.07) is 28.6. The second kappa shape index (κ2) is 11.2. The Morgan fingerprint density at radius 2 is 0.667 bits per heavy atom. The van der Waals surface area contributed by atoms with E-state index in [0.717, 1.165) is 0 Å². The van der Waals surface area contributed by atoms with E-state index < -0.39 is 11.9 Å². The number of carboxylic acids is 2. The van der Waals surface area contributed by atoms with E-state index in [4.69, 9.17) is 10.2 Å². The van der Waals surface area contributed by atoms with Crippen LogP contribution in [0.3, 0.4) is 0 Å². The molecule has 24 heavy (non-hydrogen) atoms. The lowest BCUT2D eigenvalue weighted by Gasteiger charge is -1.88. The third-order valence-corrected chi connectivity index (χ3v) is 2.71. The topological polar surface area (TPSA) is 74.6 Å². The number of hydrogen-bond acceptors (Lipinski definition) is 2. The van der Waals surface area contributed by atoms with E-state index in [9.17, 15) is 9.59 Å². The van der Waals surface area contributed by atoms with E-state index >= 15 is 0 Å². The van der Waals surface area contributed by atoms with Gasteiger partial charge in [0.15, 0.2) is 0 Å². The molecule has 0 aromatic heterocycles. The van der Waals surface area contributed by atoms with Gasteiger partial charge < -0.3 is 10.2 Å². The first-order chi connectivity index (χ1) is 11.6. The predicted octanol–water partition coefficient (Wildman–Crippen LogP) is 4.46. The van der Waals surface area contributed by atoms with Crippen LogP contribution >= 0.6 is 0 Å². The first-order valence-electron chi connectivity index (χ1n) is 7.18. The highest BCUT2D eigenvalue weighted by Crippen LogP contribution is 1.96. The van der Waals surface area contributed by atoms with Gasteiger partial charge in [0, 0.05) is 0 Å². The Labute approximate surface area is 140 Å². The van der Waals surface area contributed by atoms with Crippen molar-refractivity contribution >= 4 is 11.9 Å². The van der Waals surface area contributed by atoms with Crippen LogP contribution in [-0.2, 0) is 0 Å². The van der Waals surface area contributed by atoms with Crippen LogP contribution in [0.1, 0.15) is 20.7 Å². The average Bonchev–Trinajstić information content (AvgIpc) is 2.65. The predicted molar refractivity (Wildman–Crippen MR) is 93.2 cm³/mol. The van der Waals surface area contributed by atoms with E-state index in [2.05, 4.69) is 0 Å². The fraction of sp³-hybridized carbons (Fsp3) is 0. The minimum Gasteiger partial charge on any atom is -0.478 e. The van der Waals surface area contributed by atoms with Crippen LogP contribution in [0.25, 0.3) is 0 Å². The van der Waals surface area contributed by atoms with Crippen LogP contribution in [0.2, 0.25) is 0 Å². The summed E-state index contributed by atoms with van der Waals surface area (Å²) in [4.78, 5) is 20.4. The standard InChI is InChI=1S/2C7H6O2.C6H6/c2*8-7(9)6-4-2-1-3-5-6;1-2-4-6-5-3-1/h2*1-5H,(H,8,9);1-6H. The Morgan fingerprint density at radius 1 is 0.458 bits per heavy atom. The molecule has 0 radical (unpaired) electrons. The maximum absolute atomic E-state index is 10.2. The van der Waals surface area contributed by atoms with Gasteiger partial charge in [-0.05, 0) is 24.3 Å². The second-order valence-electron chi connectivity index (χ2n) is 4.50. The van der Waals surface area contributed by atoms with Gasteiger partial charge in [0.2, 0.25) is 0 Å². The Morgan fingerprint density at radius 3 is 0.833 bits per heavy atom. The fourth-order valence-electron chi connectivity index (χ4n) is 1.55. The smallest absolute Gasteiger partial charge is 0.335 e. The molecule has 0 aliphatic rings. The van der Waals surface area contributed by atoms with Gasteiger partial charge in [-0.1, -0.05) is 72.8 Å². The molecule has 4 nitrogen and oxygen atoms in total. The molecule has 0 saturated heterocycles. The summed E-state index contributed by atoms with van der Waals surface area (Å²) in [6.07, 6.45) is 0. The molecule has 0 fully saturated rings. The van der Waals surface area contributed by atoms with E-state index in [1.165, 1.54) is 0 Å². The van der Waals surface area contributed by atoms with Crippen LogP contribution < -0.4 is 0 Å². The maximum atomic E-state index is 10.2. The SMILES string of the molecule is O=C(O)c1ccccc1.O=C(O)c1ccccc1.c1ccccc1. The molecule has 0 bridgehead atoms. The monoisotopic (exact) mass is 322 g/mol. The zero-order valence-electron chi connectivity index (χ0n) is 12.9. The normalized spacial score (nSPS) is 8.67. The average molecular weight is 322 g/mol. The van der Waals surface area contributed by atoms with Crippen molar-refractivity contribution in [3.63, 3.8) is 0 Å². The number of aromatic carboxylic acids is 2.